The van der Waals surface area contributed by atoms with Crippen LogP contribution in [0.15, 0.2) is 81.0 Å². The zero-order valence-corrected chi connectivity index (χ0v) is 18.6. The predicted octanol–water partition coefficient (Wildman–Crippen LogP) is 5.39. The maximum atomic E-state index is 12.4. The fourth-order valence-electron chi connectivity index (χ4n) is 2.97. The molecule has 4 aromatic rings. The Kier molecular flexibility index (Phi) is 6.35. The minimum Gasteiger partial charge on any atom is -0.446 e. The third kappa shape index (κ3) is 5.01. The number of aromatic nitrogens is 3. The van der Waals surface area contributed by atoms with E-state index in [-0.39, 0.29) is 11.7 Å². The standard InChI is InChI=1S/C22H19BrN4O2S/c1-15-6-5-9-17(12-15)24-20(28)14-30-22-26-25-21(18-10-11-19(23)29-18)27(22)13-16-7-3-2-4-8-16/h2-12H,13-14H2,1H3,(H,24,28). The number of benzene rings is 2. The lowest BCUT2D eigenvalue weighted by atomic mass is 10.2. The number of nitrogens with zero attached hydrogens (tertiary/aromatic N) is 3. The largest absolute Gasteiger partial charge is 0.446 e. The summed E-state index contributed by atoms with van der Waals surface area (Å²) in [7, 11) is 0. The van der Waals surface area contributed by atoms with Gasteiger partial charge in [0.2, 0.25) is 11.7 Å². The zero-order valence-electron chi connectivity index (χ0n) is 16.2. The molecule has 0 aliphatic rings. The number of halogens is 1. The van der Waals surface area contributed by atoms with E-state index < -0.39 is 0 Å². The molecule has 8 heteroatoms. The summed E-state index contributed by atoms with van der Waals surface area (Å²) < 4.78 is 8.27. The smallest absolute Gasteiger partial charge is 0.234 e. The molecule has 1 amide bonds. The van der Waals surface area contributed by atoms with E-state index in [1.807, 2.05) is 78.2 Å². The summed E-state index contributed by atoms with van der Waals surface area (Å²) in [4.78, 5) is 12.4. The van der Waals surface area contributed by atoms with E-state index in [1.165, 1.54) is 11.8 Å². The highest BCUT2D eigenvalue weighted by molar-refractivity contribution is 9.10. The molecule has 0 aliphatic carbocycles. The molecular formula is C22H19BrN4O2S. The summed E-state index contributed by atoms with van der Waals surface area (Å²) in [6.45, 7) is 2.56. The first-order valence-corrected chi connectivity index (χ1v) is 11.1. The number of hydrogen-bond donors (Lipinski definition) is 1. The van der Waals surface area contributed by atoms with Gasteiger partial charge in [-0.2, -0.15) is 0 Å². The van der Waals surface area contributed by atoms with Gasteiger partial charge in [-0.15, -0.1) is 10.2 Å². The van der Waals surface area contributed by atoms with Crippen LogP contribution in [-0.2, 0) is 11.3 Å². The lowest BCUT2D eigenvalue weighted by molar-refractivity contribution is -0.113. The second-order valence-electron chi connectivity index (χ2n) is 6.69. The molecule has 0 unspecified atom stereocenters. The number of nitrogens with one attached hydrogen (secondary N) is 1. The van der Waals surface area contributed by atoms with Crippen LogP contribution in [0, 0.1) is 6.92 Å². The van der Waals surface area contributed by atoms with Gasteiger partial charge in [-0.25, -0.2) is 0 Å². The fourth-order valence-corrected chi connectivity index (χ4v) is 4.02. The zero-order chi connectivity index (χ0) is 20.9. The van der Waals surface area contributed by atoms with Crippen LogP contribution in [-0.4, -0.2) is 26.4 Å². The average molecular weight is 483 g/mol. The monoisotopic (exact) mass is 482 g/mol. The molecule has 0 radical (unpaired) electrons. The molecule has 152 valence electrons. The van der Waals surface area contributed by atoms with Crippen molar-refractivity contribution in [2.75, 3.05) is 11.1 Å². The van der Waals surface area contributed by atoms with Crippen LogP contribution in [0.2, 0.25) is 0 Å². The number of furan rings is 1. The average Bonchev–Trinajstić information content (AvgIpc) is 3.33. The lowest BCUT2D eigenvalue weighted by Crippen LogP contribution is -2.15. The van der Waals surface area contributed by atoms with Crippen molar-refractivity contribution in [3.63, 3.8) is 0 Å². The molecule has 0 saturated heterocycles. The Morgan fingerprint density at radius 2 is 1.93 bits per heavy atom. The number of thioether (sulfide) groups is 1. The number of hydrogen-bond acceptors (Lipinski definition) is 5. The summed E-state index contributed by atoms with van der Waals surface area (Å²) in [5.41, 5.74) is 2.99. The van der Waals surface area contributed by atoms with Crippen LogP contribution >= 0.6 is 27.7 Å². The van der Waals surface area contributed by atoms with Gasteiger partial charge in [0, 0.05) is 5.69 Å². The summed E-state index contributed by atoms with van der Waals surface area (Å²) in [6, 6.07) is 21.4. The van der Waals surface area contributed by atoms with Crippen molar-refractivity contribution in [2.24, 2.45) is 0 Å². The van der Waals surface area contributed by atoms with E-state index in [1.54, 1.807) is 0 Å². The van der Waals surface area contributed by atoms with Gasteiger partial charge in [0.1, 0.15) is 0 Å². The number of rotatable bonds is 7. The van der Waals surface area contributed by atoms with Crippen LogP contribution in [0.1, 0.15) is 11.1 Å². The van der Waals surface area contributed by atoms with E-state index in [9.17, 15) is 4.79 Å². The Bertz CT molecular complexity index is 1160. The van der Waals surface area contributed by atoms with Gasteiger partial charge < -0.3 is 9.73 Å². The molecule has 0 bridgehead atoms. The molecule has 30 heavy (non-hydrogen) atoms. The van der Waals surface area contributed by atoms with Gasteiger partial charge in [-0.05, 0) is 58.2 Å². The molecule has 0 aliphatic heterocycles. The van der Waals surface area contributed by atoms with Crippen LogP contribution in [0.4, 0.5) is 5.69 Å². The first kappa shape index (κ1) is 20.4. The third-order valence-electron chi connectivity index (χ3n) is 4.33. The highest BCUT2D eigenvalue weighted by Crippen LogP contribution is 2.28. The van der Waals surface area contributed by atoms with Gasteiger partial charge in [-0.3, -0.25) is 9.36 Å². The topological polar surface area (TPSA) is 73.0 Å². The fraction of sp³-hybridized carbons (Fsp3) is 0.136. The number of anilines is 1. The molecule has 0 fully saturated rings. The van der Waals surface area contributed by atoms with Crippen molar-refractivity contribution in [2.45, 2.75) is 18.6 Å². The maximum Gasteiger partial charge on any atom is 0.234 e. The molecule has 1 N–H and O–H groups in total. The van der Waals surface area contributed by atoms with E-state index in [0.717, 1.165) is 16.8 Å². The first-order valence-electron chi connectivity index (χ1n) is 9.30. The van der Waals surface area contributed by atoms with Crippen molar-refractivity contribution in [3.05, 3.63) is 82.5 Å². The number of carbonyl (C=O) groups excluding carboxylic acids is 1. The van der Waals surface area contributed by atoms with Crippen molar-refractivity contribution < 1.29 is 9.21 Å². The Morgan fingerprint density at radius 1 is 1.10 bits per heavy atom. The van der Waals surface area contributed by atoms with Crippen molar-refractivity contribution in [3.8, 4) is 11.6 Å². The Labute approximate surface area is 186 Å². The van der Waals surface area contributed by atoms with Gasteiger partial charge in [0.15, 0.2) is 15.6 Å². The number of aryl methyl sites for hydroxylation is 1. The predicted molar refractivity (Wildman–Crippen MR) is 122 cm³/mol. The van der Waals surface area contributed by atoms with E-state index >= 15 is 0 Å². The molecule has 0 atom stereocenters. The van der Waals surface area contributed by atoms with E-state index in [4.69, 9.17) is 4.42 Å². The molecule has 4 rings (SSSR count). The van der Waals surface area contributed by atoms with Gasteiger partial charge in [0.25, 0.3) is 0 Å². The minimum absolute atomic E-state index is 0.0952. The third-order valence-corrected chi connectivity index (χ3v) is 5.72. The lowest BCUT2D eigenvalue weighted by Gasteiger charge is -2.10. The molecule has 2 aromatic carbocycles. The van der Waals surface area contributed by atoms with Gasteiger partial charge >= 0.3 is 0 Å². The highest BCUT2D eigenvalue weighted by atomic mass is 79.9. The van der Waals surface area contributed by atoms with Gasteiger partial charge in [0.05, 0.1) is 12.3 Å². The molecular weight excluding hydrogens is 464 g/mol. The number of carbonyl (C=O) groups is 1. The Hall–Kier alpha value is -2.84. The second kappa shape index (κ2) is 9.32. The quantitative estimate of drug-likeness (QED) is 0.357. The van der Waals surface area contributed by atoms with Crippen molar-refractivity contribution >= 4 is 39.3 Å². The Balaban J connectivity index is 1.53. The van der Waals surface area contributed by atoms with Gasteiger partial charge in [-0.1, -0.05) is 54.2 Å². The van der Waals surface area contributed by atoms with Crippen LogP contribution in [0.3, 0.4) is 0 Å². The summed E-state index contributed by atoms with van der Waals surface area (Å²) in [5.74, 6) is 1.36. The number of amides is 1. The normalized spacial score (nSPS) is 10.9. The van der Waals surface area contributed by atoms with E-state index in [2.05, 4.69) is 31.4 Å². The first-order chi connectivity index (χ1) is 14.6. The van der Waals surface area contributed by atoms with E-state index in [0.29, 0.717) is 28.0 Å². The molecule has 0 spiro atoms. The summed E-state index contributed by atoms with van der Waals surface area (Å²) in [6.07, 6.45) is 0. The van der Waals surface area contributed by atoms with Crippen LogP contribution < -0.4 is 5.32 Å². The maximum absolute atomic E-state index is 12.4. The summed E-state index contributed by atoms with van der Waals surface area (Å²) in [5, 5.41) is 12.2. The molecule has 2 heterocycles. The van der Waals surface area contributed by atoms with Crippen LogP contribution in [0.5, 0.6) is 0 Å². The molecule has 6 nitrogen and oxygen atoms in total. The molecule has 2 aromatic heterocycles. The molecule has 0 saturated carbocycles. The van der Waals surface area contributed by atoms with Crippen LogP contribution in [0.25, 0.3) is 11.6 Å². The van der Waals surface area contributed by atoms with Crippen molar-refractivity contribution in [1.29, 1.82) is 0 Å². The minimum atomic E-state index is -0.0952. The summed E-state index contributed by atoms with van der Waals surface area (Å²) >= 11 is 4.68. The van der Waals surface area contributed by atoms with Crippen molar-refractivity contribution in [1.82, 2.24) is 14.8 Å². The highest BCUT2D eigenvalue weighted by Gasteiger charge is 2.18. The second-order valence-corrected chi connectivity index (χ2v) is 8.41. The Morgan fingerprint density at radius 3 is 2.67 bits per heavy atom. The SMILES string of the molecule is Cc1cccc(NC(=O)CSc2nnc(-c3ccc(Br)o3)n2Cc2ccccc2)c1.